The van der Waals surface area contributed by atoms with Gasteiger partial charge in [0.1, 0.15) is 0 Å². The summed E-state index contributed by atoms with van der Waals surface area (Å²) in [4.78, 5) is 55.5. The summed E-state index contributed by atoms with van der Waals surface area (Å²) in [5.74, 6) is 0.0370. The van der Waals surface area contributed by atoms with Gasteiger partial charge in [-0.3, -0.25) is 4.79 Å². The molecule has 134 valence electrons. The fraction of sp³-hybridized carbons (Fsp3) is 0.889. The summed E-state index contributed by atoms with van der Waals surface area (Å²) >= 11 is 7.21. The number of amides is 1. The molecule has 0 aromatic rings. The molecular formula is C9H29NO7P2S2. The van der Waals surface area contributed by atoms with E-state index in [1.54, 1.807) is 0 Å². The van der Waals surface area contributed by atoms with Crippen LogP contribution in [0.25, 0.3) is 0 Å². The summed E-state index contributed by atoms with van der Waals surface area (Å²) in [6.45, 7) is 5.77. The van der Waals surface area contributed by atoms with Crippen molar-refractivity contribution in [3.63, 3.8) is 0 Å². The first-order valence-corrected chi connectivity index (χ1v) is 11.3. The molecule has 0 rings (SSSR count). The molecule has 0 unspecified atom stereocenters. The topological polar surface area (TPSA) is 150 Å². The number of rotatable bonds is 1. The van der Waals surface area contributed by atoms with Crippen LogP contribution in [0.15, 0.2) is 0 Å². The highest BCUT2D eigenvalue weighted by atomic mass is 32.5. The van der Waals surface area contributed by atoms with Gasteiger partial charge in [-0.05, 0) is 37.5 Å². The lowest BCUT2D eigenvalue weighted by Crippen LogP contribution is -2.27. The first-order valence-electron chi connectivity index (χ1n) is 5.96. The summed E-state index contributed by atoms with van der Waals surface area (Å²) < 4.78 is 0. The van der Waals surface area contributed by atoms with Gasteiger partial charge in [-0.1, -0.05) is 27.7 Å². The quantitative estimate of drug-likeness (QED) is 0.325. The van der Waals surface area contributed by atoms with Gasteiger partial charge in [0.25, 0.3) is 0 Å². The van der Waals surface area contributed by atoms with Crippen molar-refractivity contribution in [1.29, 1.82) is 0 Å². The monoisotopic (exact) mass is 389 g/mol. The van der Waals surface area contributed by atoms with Crippen LogP contribution >= 0.6 is 13.4 Å². The van der Waals surface area contributed by atoms with E-state index in [0.29, 0.717) is 0 Å². The maximum atomic E-state index is 10.1. The van der Waals surface area contributed by atoms with Crippen molar-refractivity contribution in [3.8, 4) is 0 Å². The van der Waals surface area contributed by atoms with Gasteiger partial charge < -0.3 is 34.7 Å². The van der Waals surface area contributed by atoms with Gasteiger partial charge >= 0.3 is 13.4 Å². The van der Waals surface area contributed by atoms with Crippen LogP contribution < -0.4 is 5.32 Å². The molecule has 0 spiro atoms. The molecule has 7 N–H and O–H groups in total. The van der Waals surface area contributed by atoms with Crippen LogP contribution in [0.2, 0.25) is 0 Å². The number of carbonyl (C=O) groups is 1. The van der Waals surface area contributed by atoms with Crippen LogP contribution in [-0.4, -0.2) is 41.3 Å². The predicted octanol–water partition coefficient (Wildman–Crippen LogP) is 0.959. The zero-order chi connectivity index (χ0) is 18.9. The second-order valence-corrected chi connectivity index (χ2v) is 7.87. The molecule has 0 aliphatic carbocycles. The van der Waals surface area contributed by atoms with E-state index in [4.69, 9.17) is 29.4 Å². The Hall–Kier alpha value is 0.530. The Bertz CT molecular complexity index is 268. The summed E-state index contributed by atoms with van der Waals surface area (Å²) in [6, 6.07) is 0.275. The second-order valence-electron chi connectivity index (χ2n) is 2.88. The Morgan fingerprint density at radius 3 is 1.00 bits per heavy atom. The van der Waals surface area contributed by atoms with Crippen molar-refractivity contribution < 1.29 is 34.2 Å². The Morgan fingerprint density at radius 2 is 1.00 bits per heavy atom. The summed E-state index contributed by atoms with van der Waals surface area (Å²) in [7, 11) is 0. The largest absolute Gasteiger partial charge is 0.354 e. The minimum absolute atomic E-state index is 0.0370. The van der Waals surface area contributed by atoms with Gasteiger partial charge in [-0.15, -0.1) is 0 Å². The highest BCUT2D eigenvalue weighted by Crippen LogP contribution is 2.26. The summed E-state index contributed by atoms with van der Waals surface area (Å²) in [5, 5.41) is 2.67. The molecule has 0 fully saturated rings. The maximum Gasteiger partial charge on any atom is 0.319 e. The standard InChI is InChI=1S/C5H11NO.2C2H6.2H3O3PS/c1-4(2)6-5(3)7;2*1-2;2*1-4(2,3)5/h4H,1-3H3,(H,6,7);2*1-2H3;2*(H3,1,2,3,5). The van der Waals surface area contributed by atoms with Crippen molar-refractivity contribution in [2.24, 2.45) is 0 Å². The first-order chi connectivity index (χ1) is 9.13. The van der Waals surface area contributed by atoms with Crippen LogP contribution in [0.1, 0.15) is 48.5 Å². The van der Waals surface area contributed by atoms with Gasteiger partial charge in [0.05, 0.1) is 0 Å². The second kappa shape index (κ2) is 20.5. The minimum Gasteiger partial charge on any atom is -0.354 e. The molecule has 0 aromatic heterocycles. The van der Waals surface area contributed by atoms with Crippen LogP contribution in [-0.2, 0) is 28.4 Å². The normalized spacial score (nSPS) is 9.24. The maximum absolute atomic E-state index is 10.1. The van der Waals surface area contributed by atoms with E-state index in [1.807, 2.05) is 41.5 Å². The van der Waals surface area contributed by atoms with E-state index in [1.165, 1.54) is 6.92 Å². The smallest absolute Gasteiger partial charge is 0.319 e. The van der Waals surface area contributed by atoms with Crippen molar-refractivity contribution in [2.45, 2.75) is 54.5 Å². The van der Waals surface area contributed by atoms with Crippen LogP contribution in [0, 0.1) is 0 Å². The summed E-state index contributed by atoms with van der Waals surface area (Å²) in [6.07, 6.45) is 0. The molecule has 8 nitrogen and oxygen atoms in total. The number of carbonyl (C=O) groups excluding carboxylic acids is 1. The highest BCUT2D eigenvalue weighted by Gasteiger charge is 1.92. The Kier molecular flexibility index (Phi) is 32.5. The van der Waals surface area contributed by atoms with Crippen LogP contribution in [0.4, 0.5) is 0 Å². The molecule has 0 atom stereocenters. The molecule has 0 heterocycles. The van der Waals surface area contributed by atoms with Crippen LogP contribution in [0.5, 0.6) is 0 Å². The lowest BCUT2D eigenvalue weighted by Gasteiger charge is -2.02. The van der Waals surface area contributed by atoms with E-state index >= 15 is 0 Å². The van der Waals surface area contributed by atoms with E-state index < -0.39 is 13.4 Å². The predicted molar refractivity (Wildman–Crippen MR) is 93.5 cm³/mol. The molecule has 21 heavy (non-hydrogen) atoms. The van der Waals surface area contributed by atoms with E-state index in [0.717, 1.165) is 0 Å². The van der Waals surface area contributed by atoms with Gasteiger partial charge in [0.15, 0.2) is 0 Å². The molecule has 0 saturated heterocycles. The molecule has 0 saturated carbocycles. The number of hydrogen-bond acceptors (Lipinski definition) is 3. The fourth-order valence-electron chi connectivity index (χ4n) is 0.407. The average molecular weight is 389 g/mol. The third kappa shape index (κ3) is 344. The van der Waals surface area contributed by atoms with Crippen molar-refractivity contribution in [1.82, 2.24) is 5.32 Å². The zero-order valence-electron chi connectivity index (χ0n) is 13.4. The van der Waals surface area contributed by atoms with Gasteiger partial charge in [0.2, 0.25) is 5.91 Å². The molecule has 0 aromatic carbocycles. The molecule has 0 radical (unpaired) electrons. The lowest BCUT2D eigenvalue weighted by atomic mass is 10.4. The van der Waals surface area contributed by atoms with E-state index in [-0.39, 0.29) is 11.9 Å². The van der Waals surface area contributed by atoms with Crippen LogP contribution in [0.3, 0.4) is 0 Å². The van der Waals surface area contributed by atoms with Crippen molar-refractivity contribution in [2.75, 3.05) is 0 Å². The van der Waals surface area contributed by atoms with Gasteiger partial charge in [-0.2, -0.15) is 0 Å². The third-order valence-corrected chi connectivity index (χ3v) is 0.492. The fourth-order valence-corrected chi connectivity index (χ4v) is 0.407. The Morgan fingerprint density at radius 1 is 0.857 bits per heavy atom. The molecular weight excluding hydrogens is 360 g/mol. The van der Waals surface area contributed by atoms with Gasteiger partial charge in [-0.25, -0.2) is 0 Å². The minimum atomic E-state index is -3.81. The molecule has 12 heteroatoms. The van der Waals surface area contributed by atoms with Crippen molar-refractivity contribution >= 4 is 43.0 Å². The first kappa shape index (κ1) is 33.2. The van der Waals surface area contributed by atoms with Gasteiger partial charge in [0, 0.05) is 13.0 Å². The zero-order valence-corrected chi connectivity index (χ0v) is 16.8. The van der Waals surface area contributed by atoms with E-state index in [9.17, 15) is 4.79 Å². The Balaban J connectivity index is -0.0000000551. The number of nitrogens with one attached hydrogen (secondary N) is 1. The molecule has 0 aliphatic rings. The Labute approximate surface area is 137 Å². The third-order valence-electron chi connectivity index (χ3n) is 0.492. The van der Waals surface area contributed by atoms with Crippen molar-refractivity contribution in [3.05, 3.63) is 0 Å². The lowest BCUT2D eigenvalue weighted by molar-refractivity contribution is -0.119. The molecule has 0 bridgehead atoms. The van der Waals surface area contributed by atoms with E-state index in [2.05, 4.69) is 28.9 Å². The molecule has 1 amide bonds. The summed E-state index contributed by atoms with van der Waals surface area (Å²) in [5.41, 5.74) is 0. The average Bonchev–Trinajstić information content (AvgIpc) is 2.16. The molecule has 0 aliphatic heterocycles. The SMILES string of the molecule is CC.CC.CC(=O)NC(C)C.OP(O)(O)=S.OP(O)(O)=S. The number of hydrogen-bond donors (Lipinski definition) is 7. The highest BCUT2D eigenvalue weighted by molar-refractivity contribution is 8.06.